The summed E-state index contributed by atoms with van der Waals surface area (Å²) < 4.78 is 1.23. The van der Waals surface area contributed by atoms with Crippen LogP contribution in [-0.4, -0.2) is 58.6 Å². The molecule has 1 saturated heterocycles. The number of hydrogen-bond acceptors (Lipinski definition) is 5. The van der Waals surface area contributed by atoms with Crippen molar-refractivity contribution in [1.29, 1.82) is 0 Å². The first-order valence-electron chi connectivity index (χ1n) is 7.22. The molecule has 1 aromatic heterocycles. The van der Waals surface area contributed by atoms with E-state index in [9.17, 15) is 4.79 Å². The van der Waals surface area contributed by atoms with Crippen LogP contribution in [0.4, 0.5) is 0 Å². The van der Waals surface area contributed by atoms with Gasteiger partial charge in [0.15, 0.2) is 0 Å². The maximum absolute atomic E-state index is 10.8. The smallest absolute Gasteiger partial charge is 0.317 e. The van der Waals surface area contributed by atoms with Crippen molar-refractivity contribution in [1.82, 2.24) is 14.8 Å². The monoisotopic (exact) mass is 305 g/mol. The number of thiazole rings is 1. The molecule has 1 N–H and O–H groups in total. The minimum atomic E-state index is -0.741. The Morgan fingerprint density at radius 3 is 2.76 bits per heavy atom. The number of carboxylic acids is 1. The summed E-state index contributed by atoms with van der Waals surface area (Å²) in [5.74, 6) is -0.741. The Labute approximate surface area is 127 Å². The molecule has 1 aliphatic rings. The fraction of sp³-hybridized carbons (Fsp3) is 0.467. The molecule has 21 heavy (non-hydrogen) atoms. The van der Waals surface area contributed by atoms with E-state index >= 15 is 0 Å². The van der Waals surface area contributed by atoms with Crippen molar-refractivity contribution in [3.63, 3.8) is 0 Å². The van der Waals surface area contributed by atoms with Crippen molar-refractivity contribution in [2.75, 3.05) is 32.7 Å². The Kier molecular flexibility index (Phi) is 4.48. The second kappa shape index (κ2) is 6.51. The summed E-state index contributed by atoms with van der Waals surface area (Å²) >= 11 is 1.75. The lowest BCUT2D eigenvalue weighted by molar-refractivity contribution is -0.138. The predicted molar refractivity (Wildman–Crippen MR) is 83.6 cm³/mol. The molecule has 0 saturated carbocycles. The Morgan fingerprint density at radius 1 is 1.19 bits per heavy atom. The minimum absolute atomic E-state index is 0.148. The molecule has 1 fully saturated rings. The Balaban J connectivity index is 1.61. The Bertz CT molecular complexity index is 595. The first-order valence-corrected chi connectivity index (χ1v) is 8.03. The molecule has 0 bridgehead atoms. The van der Waals surface area contributed by atoms with Crippen LogP contribution in [-0.2, 0) is 11.3 Å². The van der Waals surface area contributed by atoms with Gasteiger partial charge in [0.1, 0.15) is 5.01 Å². The normalized spacial score (nSPS) is 17.9. The summed E-state index contributed by atoms with van der Waals surface area (Å²) in [6, 6.07) is 8.21. The third-order valence-corrected chi connectivity index (χ3v) is 4.76. The van der Waals surface area contributed by atoms with Crippen LogP contribution >= 0.6 is 11.3 Å². The summed E-state index contributed by atoms with van der Waals surface area (Å²) in [6.45, 7) is 4.60. The van der Waals surface area contributed by atoms with Gasteiger partial charge >= 0.3 is 5.97 Å². The summed E-state index contributed by atoms with van der Waals surface area (Å²) in [7, 11) is 0. The number of fused-ring (bicyclic) bond motifs is 1. The number of carbonyl (C=O) groups is 1. The molecule has 0 atom stereocenters. The zero-order chi connectivity index (χ0) is 14.7. The molecule has 3 rings (SSSR count). The first kappa shape index (κ1) is 14.4. The molecule has 2 aromatic rings. The number of nitrogens with zero attached hydrogens (tertiary/aromatic N) is 3. The van der Waals surface area contributed by atoms with Gasteiger partial charge < -0.3 is 5.11 Å². The van der Waals surface area contributed by atoms with E-state index in [0.717, 1.165) is 49.7 Å². The molecule has 0 aliphatic carbocycles. The third kappa shape index (κ3) is 3.78. The van der Waals surface area contributed by atoms with E-state index in [1.807, 2.05) is 23.1 Å². The van der Waals surface area contributed by atoms with Crippen LogP contribution in [0.5, 0.6) is 0 Å². The van der Waals surface area contributed by atoms with Gasteiger partial charge in [0.05, 0.1) is 23.3 Å². The van der Waals surface area contributed by atoms with Gasteiger partial charge in [0.2, 0.25) is 0 Å². The highest BCUT2D eigenvalue weighted by molar-refractivity contribution is 7.18. The lowest BCUT2D eigenvalue weighted by Crippen LogP contribution is -2.33. The Morgan fingerprint density at radius 2 is 1.95 bits per heavy atom. The van der Waals surface area contributed by atoms with Crippen molar-refractivity contribution < 1.29 is 9.90 Å². The molecular formula is C15H19N3O2S. The van der Waals surface area contributed by atoms with Crippen molar-refractivity contribution in [2.24, 2.45) is 0 Å². The second-order valence-corrected chi connectivity index (χ2v) is 6.49. The fourth-order valence-corrected chi connectivity index (χ4v) is 3.72. The Hall–Kier alpha value is -1.50. The van der Waals surface area contributed by atoms with Crippen molar-refractivity contribution in [3.05, 3.63) is 29.3 Å². The maximum Gasteiger partial charge on any atom is 0.317 e. The lowest BCUT2D eigenvalue weighted by Gasteiger charge is -2.19. The van der Waals surface area contributed by atoms with E-state index < -0.39 is 5.97 Å². The van der Waals surface area contributed by atoms with E-state index in [1.54, 1.807) is 11.3 Å². The van der Waals surface area contributed by atoms with E-state index in [1.165, 1.54) is 4.70 Å². The van der Waals surface area contributed by atoms with Crippen LogP contribution in [0.3, 0.4) is 0 Å². The standard InChI is InChI=1S/C15H19N3O2S/c19-15(20)11-18-7-3-6-17(8-9-18)10-14-16-12-4-1-2-5-13(12)21-14/h1-2,4-5H,3,6-11H2,(H,19,20). The summed E-state index contributed by atoms with van der Waals surface area (Å²) in [4.78, 5) is 19.9. The molecule has 0 spiro atoms. The SMILES string of the molecule is O=C(O)CN1CCCN(Cc2nc3ccccc3s2)CC1. The average molecular weight is 305 g/mol. The molecule has 1 aliphatic heterocycles. The maximum atomic E-state index is 10.8. The quantitative estimate of drug-likeness (QED) is 0.935. The van der Waals surface area contributed by atoms with Crippen LogP contribution in [0.2, 0.25) is 0 Å². The van der Waals surface area contributed by atoms with Crippen LogP contribution in [0.25, 0.3) is 10.2 Å². The minimum Gasteiger partial charge on any atom is -0.480 e. The number of carboxylic acid groups (broad SMARTS) is 1. The molecule has 5 nitrogen and oxygen atoms in total. The lowest BCUT2D eigenvalue weighted by atomic mass is 10.3. The van der Waals surface area contributed by atoms with Gasteiger partial charge in [-0.3, -0.25) is 14.6 Å². The van der Waals surface area contributed by atoms with Crippen molar-refractivity contribution in [3.8, 4) is 0 Å². The van der Waals surface area contributed by atoms with Crippen molar-refractivity contribution in [2.45, 2.75) is 13.0 Å². The molecule has 6 heteroatoms. The fourth-order valence-electron chi connectivity index (χ4n) is 2.71. The van der Waals surface area contributed by atoms with Gasteiger partial charge in [0.25, 0.3) is 0 Å². The van der Waals surface area contributed by atoms with Gasteiger partial charge in [-0.1, -0.05) is 12.1 Å². The molecule has 0 unspecified atom stereocenters. The van der Waals surface area contributed by atoms with Gasteiger partial charge in [-0.05, 0) is 25.1 Å². The molecule has 2 heterocycles. The number of rotatable bonds is 4. The van der Waals surface area contributed by atoms with Gasteiger partial charge in [0, 0.05) is 19.6 Å². The van der Waals surface area contributed by atoms with Crippen LogP contribution in [0.15, 0.2) is 24.3 Å². The zero-order valence-corrected chi connectivity index (χ0v) is 12.7. The van der Waals surface area contributed by atoms with Crippen LogP contribution < -0.4 is 0 Å². The van der Waals surface area contributed by atoms with Gasteiger partial charge in [-0.25, -0.2) is 4.98 Å². The number of benzene rings is 1. The molecule has 112 valence electrons. The summed E-state index contributed by atoms with van der Waals surface area (Å²) in [5, 5.41) is 10.0. The van der Waals surface area contributed by atoms with E-state index in [4.69, 9.17) is 5.11 Å². The highest BCUT2D eigenvalue weighted by atomic mass is 32.1. The van der Waals surface area contributed by atoms with Gasteiger partial charge in [-0.15, -0.1) is 11.3 Å². The molecular weight excluding hydrogens is 286 g/mol. The van der Waals surface area contributed by atoms with E-state index in [0.29, 0.717) is 0 Å². The number of para-hydroxylation sites is 1. The third-order valence-electron chi connectivity index (χ3n) is 3.74. The molecule has 0 radical (unpaired) electrons. The predicted octanol–water partition coefficient (Wildman–Crippen LogP) is 1.89. The van der Waals surface area contributed by atoms with Crippen molar-refractivity contribution >= 4 is 27.5 Å². The van der Waals surface area contributed by atoms with E-state index in [2.05, 4.69) is 16.0 Å². The zero-order valence-electron chi connectivity index (χ0n) is 11.9. The summed E-state index contributed by atoms with van der Waals surface area (Å²) in [5.41, 5.74) is 1.07. The number of hydrogen-bond donors (Lipinski definition) is 1. The first-order chi connectivity index (χ1) is 10.2. The van der Waals surface area contributed by atoms with Crippen LogP contribution in [0, 0.1) is 0 Å². The highest BCUT2D eigenvalue weighted by Gasteiger charge is 2.17. The van der Waals surface area contributed by atoms with E-state index in [-0.39, 0.29) is 6.54 Å². The average Bonchev–Trinajstić information content (AvgIpc) is 2.73. The van der Waals surface area contributed by atoms with Crippen LogP contribution in [0.1, 0.15) is 11.4 Å². The van der Waals surface area contributed by atoms with Gasteiger partial charge in [-0.2, -0.15) is 0 Å². The summed E-state index contributed by atoms with van der Waals surface area (Å²) in [6.07, 6.45) is 1.01. The topological polar surface area (TPSA) is 56.7 Å². The molecule has 1 aromatic carbocycles. The number of aliphatic carboxylic acids is 1. The highest BCUT2D eigenvalue weighted by Crippen LogP contribution is 2.22. The molecule has 0 amide bonds. The number of aromatic nitrogens is 1. The largest absolute Gasteiger partial charge is 0.480 e. The second-order valence-electron chi connectivity index (χ2n) is 5.37.